The molecule has 2 aromatic rings. The molecule has 0 aromatic heterocycles. The Morgan fingerprint density at radius 2 is 2.04 bits per heavy atom. The van der Waals surface area contributed by atoms with E-state index in [9.17, 15) is 9.59 Å². The molecular formula is C22H22ClNO3. The number of ether oxygens (including phenoxy) is 1. The van der Waals surface area contributed by atoms with Gasteiger partial charge in [0.05, 0.1) is 12.6 Å². The van der Waals surface area contributed by atoms with Crippen LogP contribution in [0.5, 0.6) is 0 Å². The average molecular weight is 384 g/mol. The van der Waals surface area contributed by atoms with Crippen molar-refractivity contribution in [3.63, 3.8) is 0 Å². The molecule has 0 radical (unpaired) electrons. The fourth-order valence-electron chi connectivity index (χ4n) is 4.69. The standard InChI is InChI=1S/C22H22ClNO3/c1-4-27-21(26)22-12-14-11-15(23)9-10-16(14)19(22)24(13(2)3)20(25)17-7-5-6-8-18(17)22/h5-11,13,19H,4,12H2,1-3H3/t19-,22+/m1/s1. The van der Waals surface area contributed by atoms with Gasteiger partial charge in [-0.2, -0.15) is 0 Å². The summed E-state index contributed by atoms with van der Waals surface area (Å²) in [5.74, 6) is -0.332. The first-order valence-electron chi connectivity index (χ1n) is 9.29. The van der Waals surface area contributed by atoms with Crippen LogP contribution in [0.3, 0.4) is 0 Å². The van der Waals surface area contributed by atoms with Crippen LogP contribution in [-0.2, 0) is 21.4 Å². The highest BCUT2D eigenvalue weighted by Crippen LogP contribution is 2.56. The molecule has 1 heterocycles. The van der Waals surface area contributed by atoms with E-state index in [0.29, 0.717) is 23.6 Å². The summed E-state index contributed by atoms with van der Waals surface area (Å²) in [6, 6.07) is 12.6. The Bertz CT molecular complexity index is 939. The van der Waals surface area contributed by atoms with Crippen LogP contribution in [-0.4, -0.2) is 29.4 Å². The summed E-state index contributed by atoms with van der Waals surface area (Å²) in [6.07, 6.45) is 0.472. The summed E-state index contributed by atoms with van der Waals surface area (Å²) in [5, 5.41) is 0.627. The van der Waals surface area contributed by atoms with Gasteiger partial charge in [0.1, 0.15) is 5.41 Å². The lowest BCUT2D eigenvalue weighted by Gasteiger charge is -2.47. The zero-order valence-electron chi connectivity index (χ0n) is 15.7. The number of fused-ring (bicyclic) bond motifs is 5. The van der Waals surface area contributed by atoms with Crippen LogP contribution in [0.4, 0.5) is 0 Å². The molecule has 0 N–H and O–H groups in total. The summed E-state index contributed by atoms with van der Waals surface area (Å²) >= 11 is 6.24. The van der Waals surface area contributed by atoms with Crippen molar-refractivity contribution in [2.45, 2.75) is 44.7 Å². The normalized spacial score (nSPS) is 23.1. The monoisotopic (exact) mass is 383 g/mol. The number of halogens is 1. The van der Waals surface area contributed by atoms with E-state index in [-0.39, 0.29) is 17.9 Å². The summed E-state index contributed by atoms with van der Waals surface area (Å²) in [5.41, 5.74) is 2.36. The minimum absolute atomic E-state index is 0.0478. The lowest BCUT2D eigenvalue weighted by molar-refractivity contribution is -0.153. The van der Waals surface area contributed by atoms with E-state index >= 15 is 0 Å². The fourth-order valence-corrected chi connectivity index (χ4v) is 4.88. The summed E-state index contributed by atoms with van der Waals surface area (Å²) in [6.45, 7) is 6.07. The summed E-state index contributed by atoms with van der Waals surface area (Å²) in [7, 11) is 0. The fraction of sp³-hybridized carbons (Fsp3) is 0.364. The summed E-state index contributed by atoms with van der Waals surface area (Å²) in [4.78, 5) is 28.6. The molecule has 27 heavy (non-hydrogen) atoms. The van der Waals surface area contributed by atoms with Crippen molar-refractivity contribution in [1.82, 2.24) is 4.90 Å². The van der Waals surface area contributed by atoms with Gasteiger partial charge in [0, 0.05) is 16.6 Å². The average Bonchev–Trinajstić information content (AvgIpc) is 2.97. The topological polar surface area (TPSA) is 46.6 Å². The molecule has 0 saturated carbocycles. The predicted molar refractivity (Wildman–Crippen MR) is 104 cm³/mol. The first-order chi connectivity index (χ1) is 12.9. The molecule has 0 fully saturated rings. The predicted octanol–water partition coefficient (Wildman–Crippen LogP) is 4.30. The number of hydrogen-bond donors (Lipinski definition) is 0. The van der Waals surface area contributed by atoms with Gasteiger partial charge in [0.2, 0.25) is 0 Å². The van der Waals surface area contributed by atoms with E-state index < -0.39 is 11.5 Å². The molecule has 2 aromatic carbocycles. The highest BCUT2D eigenvalue weighted by molar-refractivity contribution is 6.30. The van der Waals surface area contributed by atoms with Crippen LogP contribution < -0.4 is 0 Å². The minimum Gasteiger partial charge on any atom is -0.465 e. The second kappa shape index (κ2) is 6.38. The Labute approximate surface area is 164 Å². The first-order valence-corrected chi connectivity index (χ1v) is 9.67. The molecule has 4 rings (SSSR count). The van der Waals surface area contributed by atoms with Crippen LogP contribution in [0, 0.1) is 0 Å². The van der Waals surface area contributed by atoms with Crippen molar-refractivity contribution in [2.75, 3.05) is 6.61 Å². The molecule has 4 nitrogen and oxygen atoms in total. The van der Waals surface area contributed by atoms with Gasteiger partial charge in [-0.15, -0.1) is 0 Å². The maximum Gasteiger partial charge on any atom is 0.319 e. The third-order valence-electron chi connectivity index (χ3n) is 5.68. The SMILES string of the molecule is CCOC(=O)[C@]12Cc3cc(Cl)ccc3[C@H]1N(C(C)C)C(=O)c1ccccc12. The van der Waals surface area contributed by atoms with Gasteiger partial charge >= 0.3 is 5.97 Å². The molecule has 1 aliphatic carbocycles. The second-order valence-electron chi connectivity index (χ2n) is 7.47. The van der Waals surface area contributed by atoms with E-state index in [2.05, 4.69) is 0 Å². The van der Waals surface area contributed by atoms with Gasteiger partial charge in [0.15, 0.2) is 0 Å². The van der Waals surface area contributed by atoms with Crippen molar-refractivity contribution in [1.29, 1.82) is 0 Å². The van der Waals surface area contributed by atoms with E-state index in [1.165, 1.54) is 0 Å². The van der Waals surface area contributed by atoms with Gasteiger partial charge in [-0.25, -0.2) is 0 Å². The molecule has 140 valence electrons. The second-order valence-corrected chi connectivity index (χ2v) is 7.90. The Morgan fingerprint density at radius 1 is 1.30 bits per heavy atom. The van der Waals surface area contributed by atoms with Crippen LogP contribution in [0.25, 0.3) is 0 Å². The zero-order valence-corrected chi connectivity index (χ0v) is 16.4. The lowest BCUT2D eigenvalue weighted by atomic mass is 9.69. The van der Waals surface area contributed by atoms with Crippen LogP contribution in [0.1, 0.15) is 53.9 Å². The van der Waals surface area contributed by atoms with Gasteiger partial charge in [-0.05, 0) is 62.1 Å². The molecule has 1 aliphatic heterocycles. The number of amides is 1. The Balaban J connectivity index is 2.05. The maximum absolute atomic E-state index is 13.4. The lowest BCUT2D eigenvalue weighted by Crippen LogP contribution is -2.56. The first kappa shape index (κ1) is 18.1. The minimum atomic E-state index is -0.947. The highest BCUT2D eigenvalue weighted by Gasteiger charge is 2.61. The van der Waals surface area contributed by atoms with Gasteiger partial charge in [-0.1, -0.05) is 35.9 Å². The van der Waals surface area contributed by atoms with Crippen molar-refractivity contribution in [2.24, 2.45) is 0 Å². The quantitative estimate of drug-likeness (QED) is 0.742. The molecular weight excluding hydrogens is 362 g/mol. The number of esters is 1. The maximum atomic E-state index is 13.4. The molecule has 0 saturated heterocycles. The summed E-state index contributed by atoms with van der Waals surface area (Å²) < 4.78 is 5.56. The van der Waals surface area contributed by atoms with Crippen LogP contribution >= 0.6 is 11.6 Å². The van der Waals surface area contributed by atoms with Crippen molar-refractivity contribution in [3.8, 4) is 0 Å². The van der Waals surface area contributed by atoms with Gasteiger partial charge in [-0.3, -0.25) is 9.59 Å². The third kappa shape index (κ3) is 2.43. The largest absolute Gasteiger partial charge is 0.465 e. The van der Waals surface area contributed by atoms with E-state index in [1.54, 1.807) is 6.07 Å². The number of hydrogen-bond acceptors (Lipinski definition) is 3. The van der Waals surface area contributed by atoms with Crippen molar-refractivity contribution in [3.05, 3.63) is 69.7 Å². The smallest absolute Gasteiger partial charge is 0.319 e. The van der Waals surface area contributed by atoms with Crippen molar-refractivity contribution >= 4 is 23.5 Å². The molecule has 0 unspecified atom stereocenters. The Hall–Kier alpha value is -2.33. The van der Waals surface area contributed by atoms with E-state index in [4.69, 9.17) is 16.3 Å². The number of rotatable bonds is 3. The molecule has 1 amide bonds. The van der Waals surface area contributed by atoms with Gasteiger partial charge < -0.3 is 9.64 Å². The van der Waals surface area contributed by atoms with Crippen LogP contribution in [0.2, 0.25) is 5.02 Å². The number of benzene rings is 2. The number of carbonyl (C=O) groups is 2. The molecule has 0 bridgehead atoms. The number of nitrogens with zero attached hydrogens (tertiary/aromatic N) is 1. The molecule has 2 atom stereocenters. The van der Waals surface area contributed by atoms with Crippen molar-refractivity contribution < 1.29 is 14.3 Å². The van der Waals surface area contributed by atoms with Crippen LogP contribution in [0.15, 0.2) is 42.5 Å². The molecule has 5 heteroatoms. The number of carbonyl (C=O) groups excluding carboxylic acids is 2. The highest BCUT2D eigenvalue weighted by atomic mass is 35.5. The Kier molecular flexibility index (Phi) is 4.26. The third-order valence-corrected chi connectivity index (χ3v) is 5.92. The molecule has 2 aliphatic rings. The molecule has 0 spiro atoms. The van der Waals surface area contributed by atoms with E-state index in [1.807, 2.05) is 62.1 Å². The zero-order chi connectivity index (χ0) is 19.3. The Morgan fingerprint density at radius 3 is 2.74 bits per heavy atom. The van der Waals surface area contributed by atoms with Gasteiger partial charge in [0.25, 0.3) is 5.91 Å². The van der Waals surface area contributed by atoms with E-state index in [0.717, 1.165) is 16.7 Å².